The predicted molar refractivity (Wildman–Crippen MR) is 115 cm³/mol. The molecule has 6 nitrogen and oxygen atoms in total. The zero-order valence-electron chi connectivity index (χ0n) is 16.9. The molecule has 7 heteroatoms. The summed E-state index contributed by atoms with van der Waals surface area (Å²) < 4.78 is 11.0. The molecule has 152 valence electrons. The number of nitrogens with zero attached hydrogens (tertiary/aromatic N) is 3. The Morgan fingerprint density at radius 3 is 2.90 bits per heavy atom. The van der Waals surface area contributed by atoms with Gasteiger partial charge in [-0.15, -0.1) is 11.3 Å². The first-order valence-corrected chi connectivity index (χ1v) is 10.6. The minimum Gasteiger partial charge on any atom is -0.497 e. The molecule has 1 amide bonds. The molecular formula is C22H25N3O3S. The van der Waals surface area contributed by atoms with Crippen molar-refractivity contribution in [3.8, 4) is 16.5 Å². The van der Waals surface area contributed by atoms with E-state index in [1.54, 1.807) is 7.11 Å². The summed E-state index contributed by atoms with van der Waals surface area (Å²) in [6.07, 6.45) is 0.321. The van der Waals surface area contributed by atoms with Crippen molar-refractivity contribution in [3.05, 3.63) is 53.2 Å². The molecule has 0 spiro atoms. The predicted octanol–water partition coefficient (Wildman–Crippen LogP) is 4.00. The van der Waals surface area contributed by atoms with E-state index in [0.717, 1.165) is 40.2 Å². The van der Waals surface area contributed by atoms with Gasteiger partial charge in [-0.1, -0.05) is 6.07 Å². The number of ether oxygens (including phenoxy) is 1. The van der Waals surface area contributed by atoms with Gasteiger partial charge in [-0.2, -0.15) is 0 Å². The Morgan fingerprint density at radius 1 is 1.31 bits per heavy atom. The summed E-state index contributed by atoms with van der Waals surface area (Å²) in [7, 11) is 1.68. The summed E-state index contributed by atoms with van der Waals surface area (Å²) in [5.41, 5.74) is 1.92. The molecule has 1 fully saturated rings. The lowest BCUT2D eigenvalue weighted by Gasteiger charge is -2.41. The van der Waals surface area contributed by atoms with E-state index in [2.05, 4.69) is 22.9 Å². The molecule has 3 aromatic rings. The zero-order chi connectivity index (χ0) is 20.4. The first-order valence-electron chi connectivity index (χ1n) is 9.73. The van der Waals surface area contributed by atoms with Crippen LogP contribution < -0.4 is 9.64 Å². The van der Waals surface area contributed by atoms with Crippen molar-refractivity contribution in [3.63, 3.8) is 0 Å². The Labute approximate surface area is 174 Å². The number of piperazine rings is 1. The summed E-state index contributed by atoms with van der Waals surface area (Å²) in [6, 6.07) is 12.1. The average Bonchev–Trinajstić information content (AvgIpc) is 3.36. The number of hydrogen-bond acceptors (Lipinski definition) is 6. The molecule has 29 heavy (non-hydrogen) atoms. The van der Waals surface area contributed by atoms with E-state index in [1.807, 2.05) is 47.5 Å². The third-order valence-corrected chi connectivity index (χ3v) is 6.11. The summed E-state index contributed by atoms with van der Waals surface area (Å²) in [5.74, 6) is 2.58. The molecule has 1 aliphatic rings. The van der Waals surface area contributed by atoms with Gasteiger partial charge >= 0.3 is 0 Å². The van der Waals surface area contributed by atoms with E-state index < -0.39 is 0 Å². The molecule has 4 rings (SSSR count). The molecule has 1 atom stereocenters. The van der Waals surface area contributed by atoms with Crippen LogP contribution in [0.2, 0.25) is 0 Å². The number of carbonyl (C=O) groups is 1. The van der Waals surface area contributed by atoms with Gasteiger partial charge in [-0.25, -0.2) is 4.98 Å². The Hall–Kier alpha value is -2.80. The van der Waals surface area contributed by atoms with Gasteiger partial charge in [0.1, 0.15) is 11.5 Å². The first kappa shape index (κ1) is 19.5. The summed E-state index contributed by atoms with van der Waals surface area (Å²) in [4.78, 5) is 21.7. The number of carbonyl (C=O) groups excluding carboxylic acids is 1. The highest BCUT2D eigenvalue weighted by Crippen LogP contribution is 2.27. The van der Waals surface area contributed by atoms with E-state index in [9.17, 15) is 4.79 Å². The van der Waals surface area contributed by atoms with Gasteiger partial charge in [0.25, 0.3) is 0 Å². The van der Waals surface area contributed by atoms with E-state index in [4.69, 9.17) is 9.15 Å². The number of amides is 1. The monoisotopic (exact) mass is 411 g/mol. The Balaban J connectivity index is 1.38. The van der Waals surface area contributed by atoms with Crippen molar-refractivity contribution in [1.29, 1.82) is 0 Å². The number of benzene rings is 1. The lowest BCUT2D eigenvalue weighted by molar-refractivity contribution is -0.131. The zero-order valence-corrected chi connectivity index (χ0v) is 17.7. The van der Waals surface area contributed by atoms with Crippen LogP contribution in [0.1, 0.15) is 18.4 Å². The van der Waals surface area contributed by atoms with Crippen molar-refractivity contribution >= 4 is 22.9 Å². The maximum absolute atomic E-state index is 12.8. The molecule has 0 aliphatic carbocycles. The Bertz CT molecular complexity index is 997. The van der Waals surface area contributed by atoms with Crippen LogP contribution in [0.15, 0.2) is 46.2 Å². The molecule has 1 saturated heterocycles. The van der Waals surface area contributed by atoms with Crippen LogP contribution in [-0.2, 0) is 11.2 Å². The lowest BCUT2D eigenvalue weighted by atomic mass is 10.1. The number of aromatic nitrogens is 1. The topological polar surface area (TPSA) is 58.8 Å². The second kappa shape index (κ2) is 8.29. The smallest absolute Gasteiger partial charge is 0.228 e. The van der Waals surface area contributed by atoms with Crippen LogP contribution in [0.3, 0.4) is 0 Å². The maximum atomic E-state index is 12.8. The second-order valence-corrected chi connectivity index (χ2v) is 8.17. The van der Waals surface area contributed by atoms with Gasteiger partial charge in [0.05, 0.1) is 19.2 Å². The van der Waals surface area contributed by atoms with E-state index in [0.29, 0.717) is 19.5 Å². The number of anilines is 1. The summed E-state index contributed by atoms with van der Waals surface area (Å²) in [5, 5.41) is 2.76. The minimum absolute atomic E-state index is 0.120. The van der Waals surface area contributed by atoms with Crippen molar-refractivity contribution in [2.75, 3.05) is 31.6 Å². The largest absolute Gasteiger partial charge is 0.497 e. The van der Waals surface area contributed by atoms with Gasteiger partial charge in [-0.3, -0.25) is 4.79 Å². The van der Waals surface area contributed by atoms with Crippen LogP contribution in [0.25, 0.3) is 10.8 Å². The van der Waals surface area contributed by atoms with Gasteiger partial charge in [0.2, 0.25) is 5.91 Å². The van der Waals surface area contributed by atoms with Crippen LogP contribution >= 0.6 is 11.3 Å². The number of furan rings is 1. The fourth-order valence-corrected chi connectivity index (χ4v) is 4.45. The summed E-state index contributed by atoms with van der Waals surface area (Å²) in [6.45, 7) is 6.26. The number of aryl methyl sites for hydroxylation is 1. The molecule has 1 aromatic carbocycles. The molecule has 0 unspecified atom stereocenters. The molecule has 2 aromatic heterocycles. The average molecular weight is 412 g/mol. The molecular weight excluding hydrogens is 386 g/mol. The maximum Gasteiger partial charge on any atom is 0.228 e. The van der Waals surface area contributed by atoms with Crippen LogP contribution in [0.4, 0.5) is 5.69 Å². The third kappa shape index (κ3) is 4.29. The van der Waals surface area contributed by atoms with E-state index in [1.165, 1.54) is 11.3 Å². The van der Waals surface area contributed by atoms with Crippen LogP contribution in [-0.4, -0.2) is 48.6 Å². The molecule has 1 aliphatic heterocycles. The SMILES string of the molecule is COc1cccc(N2CCN(C(=O)Cc3csc(-c4ccc(C)o4)n3)C[C@@H]2C)c1. The van der Waals surface area contributed by atoms with Gasteiger partial charge in [0, 0.05) is 42.8 Å². The molecule has 0 bridgehead atoms. The quantitative estimate of drug-likeness (QED) is 0.635. The van der Waals surface area contributed by atoms with E-state index >= 15 is 0 Å². The Morgan fingerprint density at radius 2 is 2.17 bits per heavy atom. The van der Waals surface area contributed by atoms with Crippen molar-refractivity contribution in [1.82, 2.24) is 9.88 Å². The number of thiazole rings is 1. The Kier molecular flexibility index (Phi) is 5.58. The highest BCUT2D eigenvalue weighted by atomic mass is 32.1. The van der Waals surface area contributed by atoms with Crippen molar-refractivity contribution < 1.29 is 13.9 Å². The van der Waals surface area contributed by atoms with Gasteiger partial charge < -0.3 is 19.0 Å². The third-order valence-electron chi connectivity index (χ3n) is 5.20. The summed E-state index contributed by atoms with van der Waals surface area (Å²) >= 11 is 1.51. The van der Waals surface area contributed by atoms with Crippen molar-refractivity contribution in [2.45, 2.75) is 26.3 Å². The lowest BCUT2D eigenvalue weighted by Crippen LogP contribution is -2.54. The normalized spacial score (nSPS) is 16.9. The van der Waals surface area contributed by atoms with Crippen molar-refractivity contribution in [2.24, 2.45) is 0 Å². The van der Waals surface area contributed by atoms with E-state index in [-0.39, 0.29) is 11.9 Å². The molecule has 0 radical (unpaired) electrons. The molecule has 0 saturated carbocycles. The van der Waals surface area contributed by atoms with Gasteiger partial charge in [-0.05, 0) is 38.1 Å². The van der Waals surface area contributed by atoms with Crippen LogP contribution in [0, 0.1) is 6.92 Å². The fourth-order valence-electron chi connectivity index (χ4n) is 3.67. The van der Waals surface area contributed by atoms with Crippen LogP contribution in [0.5, 0.6) is 5.75 Å². The highest BCUT2D eigenvalue weighted by Gasteiger charge is 2.27. The van der Waals surface area contributed by atoms with Gasteiger partial charge in [0.15, 0.2) is 10.8 Å². The second-order valence-electron chi connectivity index (χ2n) is 7.31. The number of methoxy groups -OCH3 is 1. The first-order chi connectivity index (χ1) is 14.0. The number of hydrogen-bond donors (Lipinski definition) is 0. The standard InChI is InChI=1S/C22H25N3O3S/c1-15-13-24(9-10-25(15)18-5-4-6-19(12-18)27-3)21(26)11-17-14-29-22(23-17)20-8-7-16(2)28-20/h4-8,12,14-15H,9-11,13H2,1-3H3/t15-/m0/s1. The number of rotatable bonds is 5. The molecule has 3 heterocycles. The minimum atomic E-state index is 0.120. The fraction of sp³-hybridized carbons (Fsp3) is 0.364. The highest BCUT2D eigenvalue weighted by molar-refractivity contribution is 7.13. The molecule has 0 N–H and O–H groups in total.